The number of phosphoric acid groups is 2. The third-order valence-electron chi connectivity index (χ3n) is 21.3. The lowest BCUT2D eigenvalue weighted by atomic mass is 10.0. The van der Waals surface area contributed by atoms with E-state index in [-0.39, 0.29) is 25.7 Å². The number of aliphatic hydroxyl groups is 1. The molecule has 0 aromatic rings. The van der Waals surface area contributed by atoms with Gasteiger partial charge in [0.2, 0.25) is 0 Å². The van der Waals surface area contributed by atoms with E-state index in [9.17, 15) is 43.2 Å². The summed E-state index contributed by atoms with van der Waals surface area (Å²) in [5.74, 6) is -1.29. The van der Waals surface area contributed by atoms with Gasteiger partial charge in [-0.25, -0.2) is 9.13 Å². The van der Waals surface area contributed by atoms with E-state index in [4.69, 9.17) is 37.0 Å². The summed E-state index contributed by atoms with van der Waals surface area (Å²) in [6, 6.07) is 0. The molecule has 648 valence electrons. The van der Waals surface area contributed by atoms with E-state index >= 15 is 0 Å². The van der Waals surface area contributed by atoms with Gasteiger partial charge in [0.05, 0.1) is 26.4 Å². The van der Waals surface area contributed by atoms with Crippen LogP contribution in [0.3, 0.4) is 0 Å². The monoisotopic (exact) mass is 1590 g/mol. The van der Waals surface area contributed by atoms with Crippen LogP contribution >= 0.6 is 15.6 Å². The molecule has 0 fully saturated rings. The maximum atomic E-state index is 13.2. The zero-order valence-electron chi connectivity index (χ0n) is 71.7. The van der Waals surface area contributed by atoms with E-state index in [1.807, 2.05) is 0 Å². The average molecular weight is 1590 g/mol. The molecular weight excluding hydrogens is 1410 g/mol. The Morgan fingerprint density at radius 1 is 0.248 bits per heavy atom. The van der Waals surface area contributed by atoms with Gasteiger partial charge in [-0.2, -0.15) is 0 Å². The van der Waals surface area contributed by atoms with Crippen LogP contribution in [0.4, 0.5) is 0 Å². The molecule has 109 heavy (non-hydrogen) atoms. The Bertz CT molecular complexity index is 2070. The van der Waals surface area contributed by atoms with Gasteiger partial charge in [0.1, 0.15) is 19.3 Å². The number of esters is 4. The number of phosphoric ester groups is 2. The highest BCUT2D eigenvalue weighted by molar-refractivity contribution is 7.47. The Balaban J connectivity index is 5.23. The molecule has 0 aliphatic heterocycles. The minimum absolute atomic E-state index is 0.109. The number of hydrogen-bond donors (Lipinski definition) is 3. The molecule has 0 amide bonds. The molecule has 0 rings (SSSR count). The summed E-state index contributed by atoms with van der Waals surface area (Å²) < 4.78 is 69.0. The van der Waals surface area contributed by atoms with Crippen molar-refractivity contribution in [1.29, 1.82) is 0 Å². The largest absolute Gasteiger partial charge is 0.472 e. The maximum Gasteiger partial charge on any atom is 0.472 e. The lowest BCUT2D eigenvalue weighted by Crippen LogP contribution is -2.30. The molecule has 0 aliphatic carbocycles. The molecule has 0 aliphatic rings. The van der Waals surface area contributed by atoms with Crippen molar-refractivity contribution in [3.8, 4) is 0 Å². The summed E-state index contributed by atoms with van der Waals surface area (Å²) in [5.41, 5.74) is 0. The average Bonchev–Trinajstić information content (AvgIpc) is 0.899. The summed E-state index contributed by atoms with van der Waals surface area (Å²) in [7, 11) is -9.93. The molecule has 5 atom stereocenters. The zero-order chi connectivity index (χ0) is 79.7. The molecule has 0 saturated heterocycles. The van der Waals surface area contributed by atoms with Crippen molar-refractivity contribution in [3.63, 3.8) is 0 Å². The fourth-order valence-electron chi connectivity index (χ4n) is 14.2. The molecular formula is C90H176O17P2. The van der Waals surface area contributed by atoms with Crippen molar-refractivity contribution in [2.24, 2.45) is 5.92 Å². The second-order valence-corrected chi connectivity index (χ2v) is 35.7. The van der Waals surface area contributed by atoms with Crippen molar-refractivity contribution in [3.05, 3.63) is 0 Å². The fraction of sp³-hybridized carbons (Fsp3) is 0.956. The number of ether oxygens (including phenoxy) is 4. The number of aliphatic hydroxyl groups excluding tert-OH is 1. The van der Waals surface area contributed by atoms with Crippen molar-refractivity contribution in [2.75, 3.05) is 39.6 Å². The number of carbonyl (C=O) groups is 4. The first kappa shape index (κ1) is 107. The second kappa shape index (κ2) is 82.6. The van der Waals surface area contributed by atoms with Crippen LogP contribution in [0.2, 0.25) is 0 Å². The highest BCUT2D eigenvalue weighted by Crippen LogP contribution is 2.45. The Kier molecular flexibility index (Phi) is 81.1. The van der Waals surface area contributed by atoms with Crippen LogP contribution in [-0.2, 0) is 65.4 Å². The summed E-state index contributed by atoms with van der Waals surface area (Å²) in [6.45, 7) is 7.42. The molecule has 0 spiro atoms. The molecule has 3 N–H and O–H groups in total. The first-order valence-corrected chi connectivity index (χ1v) is 49.6. The minimum Gasteiger partial charge on any atom is -0.462 e. The van der Waals surface area contributed by atoms with Crippen molar-refractivity contribution < 1.29 is 80.2 Å². The van der Waals surface area contributed by atoms with E-state index < -0.39 is 97.5 Å². The first-order chi connectivity index (χ1) is 53.0. The van der Waals surface area contributed by atoms with Crippen molar-refractivity contribution in [2.45, 2.75) is 509 Å². The molecule has 2 unspecified atom stereocenters. The van der Waals surface area contributed by atoms with Gasteiger partial charge in [-0.3, -0.25) is 37.3 Å². The van der Waals surface area contributed by atoms with Gasteiger partial charge < -0.3 is 33.8 Å². The van der Waals surface area contributed by atoms with E-state index in [2.05, 4.69) is 34.6 Å². The number of unbranched alkanes of at least 4 members (excludes halogenated alkanes) is 62. The van der Waals surface area contributed by atoms with Crippen LogP contribution in [0.15, 0.2) is 0 Å². The van der Waals surface area contributed by atoms with E-state index in [0.717, 1.165) is 95.8 Å². The quantitative estimate of drug-likeness (QED) is 0.0222. The lowest BCUT2D eigenvalue weighted by molar-refractivity contribution is -0.161. The standard InChI is InChI=1S/C90H176O17P2/c1-6-9-12-15-18-21-24-26-28-30-32-33-34-35-37-41-46-51-56-61-66-71-76-90(95)107-86(80-101-88(93)74-69-64-59-54-49-44-42-38-39-43-48-52-57-62-67-72-83(4)5)82-105-109(98,99)103-78-84(91)77-102-108(96,97)104-81-85(79-100-87(92)73-68-63-58-53-47-23-20-17-14-11-8-3)106-89(94)75-70-65-60-55-50-45-40-36-31-29-27-25-22-19-16-13-10-7-2/h83-86,91H,6-82H2,1-5H3,(H,96,97)(H,98,99)/t84-,85+,86+/m0/s1. The Morgan fingerprint density at radius 3 is 0.624 bits per heavy atom. The lowest BCUT2D eigenvalue weighted by Gasteiger charge is -2.21. The zero-order valence-corrected chi connectivity index (χ0v) is 73.5. The first-order valence-electron chi connectivity index (χ1n) is 46.6. The predicted octanol–water partition coefficient (Wildman–Crippen LogP) is 27.9. The van der Waals surface area contributed by atoms with Crippen molar-refractivity contribution in [1.82, 2.24) is 0 Å². The Hall–Kier alpha value is -1.94. The Morgan fingerprint density at radius 2 is 0.422 bits per heavy atom. The number of hydrogen-bond acceptors (Lipinski definition) is 15. The topological polar surface area (TPSA) is 237 Å². The number of carbonyl (C=O) groups excluding carboxylic acids is 4. The Labute approximate surface area is 670 Å². The minimum atomic E-state index is -4.97. The summed E-state index contributed by atoms with van der Waals surface area (Å²) in [4.78, 5) is 73.4. The van der Waals surface area contributed by atoms with Gasteiger partial charge in [-0.15, -0.1) is 0 Å². The molecule has 0 aromatic carbocycles. The maximum absolute atomic E-state index is 13.2. The van der Waals surface area contributed by atoms with Gasteiger partial charge in [-0.1, -0.05) is 439 Å². The fourth-order valence-corrected chi connectivity index (χ4v) is 15.8. The predicted molar refractivity (Wildman–Crippen MR) is 451 cm³/mol. The molecule has 0 heterocycles. The van der Waals surface area contributed by atoms with Crippen LogP contribution in [0.1, 0.15) is 490 Å². The third-order valence-corrected chi connectivity index (χ3v) is 23.2. The van der Waals surface area contributed by atoms with Gasteiger partial charge in [0.25, 0.3) is 0 Å². The molecule has 0 aromatic heterocycles. The molecule has 0 bridgehead atoms. The molecule has 0 radical (unpaired) electrons. The van der Waals surface area contributed by atoms with Crippen LogP contribution < -0.4 is 0 Å². The van der Waals surface area contributed by atoms with E-state index in [1.54, 1.807) is 0 Å². The van der Waals surface area contributed by atoms with E-state index in [0.29, 0.717) is 25.7 Å². The van der Waals surface area contributed by atoms with Crippen LogP contribution in [0.5, 0.6) is 0 Å². The molecule has 19 heteroatoms. The smallest absolute Gasteiger partial charge is 0.462 e. The summed E-state index contributed by atoms with van der Waals surface area (Å²) in [5, 5.41) is 10.7. The van der Waals surface area contributed by atoms with Crippen LogP contribution in [-0.4, -0.2) is 96.7 Å². The highest BCUT2D eigenvalue weighted by Gasteiger charge is 2.31. The highest BCUT2D eigenvalue weighted by atomic mass is 31.2. The molecule has 0 saturated carbocycles. The van der Waals surface area contributed by atoms with E-state index in [1.165, 1.54) is 315 Å². The van der Waals surface area contributed by atoms with Crippen LogP contribution in [0.25, 0.3) is 0 Å². The van der Waals surface area contributed by atoms with Crippen LogP contribution in [0, 0.1) is 5.92 Å². The normalized spacial score (nSPS) is 13.7. The molecule has 17 nitrogen and oxygen atoms in total. The third kappa shape index (κ3) is 83.8. The van der Waals surface area contributed by atoms with Crippen molar-refractivity contribution >= 4 is 39.5 Å². The summed E-state index contributed by atoms with van der Waals surface area (Å²) >= 11 is 0. The number of rotatable bonds is 90. The van der Waals surface area contributed by atoms with Gasteiger partial charge in [0.15, 0.2) is 12.2 Å². The second-order valence-electron chi connectivity index (χ2n) is 32.8. The SMILES string of the molecule is CCCCCCCCCCCCCCCCCCCCCCCCC(=O)O[C@H](COC(=O)CCCCCCCCCCCCCCCCCC(C)C)COP(=O)(O)OC[C@@H](O)COP(=O)(O)OC[C@@H](COC(=O)CCCCCCCCCCCCC)OC(=O)CCCCCCCCCCCCCCCCCCCC. The van der Waals surface area contributed by atoms with Gasteiger partial charge in [0, 0.05) is 25.7 Å². The summed E-state index contributed by atoms with van der Waals surface area (Å²) in [6.07, 6.45) is 77.8. The van der Waals surface area contributed by atoms with Gasteiger partial charge >= 0.3 is 39.5 Å². The van der Waals surface area contributed by atoms with Gasteiger partial charge in [-0.05, 0) is 31.6 Å².